The standard InChI is InChI=1S/C24H30N2O7S/c1-16-7-5-6-8-19(16)26-34(31,32)20(23(30)33-24(2,3)4)15-17-9-11-18(12-10-17)22(29)25-14-13-21(27)28/h5-12,20,26H,13-15H2,1-4H3,(H,25,29)(H,27,28)/t20-/m0/s1. The van der Waals surface area contributed by atoms with E-state index < -0.39 is 38.7 Å². The Hall–Kier alpha value is -3.40. The Morgan fingerprint density at radius 3 is 2.21 bits per heavy atom. The van der Waals surface area contributed by atoms with Gasteiger partial charge in [0.05, 0.1) is 12.1 Å². The van der Waals surface area contributed by atoms with Crippen LogP contribution in [0.5, 0.6) is 0 Å². The van der Waals surface area contributed by atoms with Crippen molar-refractivity contribution < 1.29 is 32.6 Å². The SMILES string of the molecule is Cc1ccccc1NS(=O)(=O)[C@@H](Cc1ccc(C(=O)NCCC(=O)O)cc1)C(=O)OC(C)(C)C. The van der Waals surface area contributed by atoms with Crippen molar-refractivity contribution in [2.45, 2.75) is 51.4 Å². The number of carboxylic acids is 1. The van der Waals surface area contributed by atoms with Gasteiger partial charge in [0.1, 0.15) is 5.60 Å². The molecule has 1 amide bonds. The highest BCUT2D eigenvalue weighted by Gasteiger charge is 2.36. The molecule has 0 spiro atoms. The number of anilines is 1. The maximum atomic E-state index is 13.2. The Balaban J connectivity index is 2.25. The van der Waals surface area contributed by atoms with Crippen molar-refractivity contribution in [1.29, 1.82) is 0 Å². The van der Waals surface area contributed by atoms with E-state index in [0.717, 1.165) is 0 Å². The third-order valence-corrected chi connectivity index (χ3v) is 6.32. The van der Waals surface area contributed by atoms with Crippen molar-refractivity contribution in [2.75, 3.05) is 11.3 Å². The van der Waals surface area contributed by atoms with Crippen molar-refractivity contribution in [3.63, 3.8) is 0 Å². The summed E-state index contributed by atoms with van der Waals surface area (Å²) in [5, 5.41) is 9.63. The molecule has 0 aromatic heterocycles. The van der Waals surface area contributed by atoms with Crippen LogP contribution in [0.4, 0.5) is 5.69 Å². The number of esters is 1. The zero-order valence-electron chi connectivity index (χ0n) is 19.6. The predicted molar refractivity (Wildman–Crippen MR) is 128 cm³/mol. The number of carbonyl (C=O) groups is 3. The van der Waals surface area contributed by atoms with Crippen molar-refractivity contribution >= 4 is 33.6 Å². The first-order chi connectivity index (χ1) is 15.8. The summed E-state index contributed by atoms with van der Waals surface area (Å²) in [6.07, 6.45) is -0.371. The minimum absolute atomic E-state index is 0.0144. The van der Waals surface area contributed by atoms with Crippen LogP contribution in [0.3, 0.4) is 0 Å². The van der Waals surface area contributed by atoms with Gasteiger partial charge in [0, 0.05) is 18.5 Å². The fourth-order valence-electron chi connectivity index (χ4n) is 2.99. The second kappa shape index (κ2) is 11.1. The molecule has 0 aliphatic heterocycles. The molecule has 0 heterocycles. The number of aryl methyl sites for hydroxylation is 1. The number of aliphatic carboxylic acids is 1. The molecule has 2 rings (SSSR count). The molecule has 0 saturated carbocycles. The van der Waals surface area contributed by atoms with E-state index in [1.54, 1.807) is 64.1 Å². The van der Waals surface area contributed by atoms with Gasteiger partial charge < -0.3 is 15.2 Å². The number of hydrogen-bond donors (Lipinski definition) is 3. The van der Waals surface area contributed by atoms with E-state index >= 15 is 0 Å². The maximum absolute atomic E-state index is 13.2. The third kappa shape index (κ3) is 8.18. The van der Waals surface area contributed by atoms with Crippen LogP contribution in [0.15, 0.2) is 48.5 Å². The van der Waals surface area contributed by atoms with Gasteiger partial charge in [-0.25, -0.2) is 8.42 Å². The largest absolute Gasteiger partial charge is 0.481 e. The molecule has 3 N–H and O–H groups in total. The van der Waals surface area contributed by atoms with Gasteiger partial charge in [0.15, 0.2) is 5.25 Å². The molecule has 2 aromatic rings. The molecule has 0 aliphatic rings. The summed E-state index contributed by atoms with van der Waals surface area (Å²) in [4.78, 5) is 35.6. The summed E-state index contributed by atoms with van der Waals surface area (Å²) < 4.78 is 34.3. The fraction of sp³-hybridized carbons (Fsp3) is 0.375. The second-order valence-electron chi connectivity index (χ2n) is 8.78. The summed E-state index contributed by atoms with van der Waals surface area (Å²) in [6, 6.07) is 12.9. The molecule has 0 saturated heterocycles. The van der Waals surface area contributed by atoms with Crippen molar-refractivity contribution in [2.24, 2.45) is 0 Å². The van der Waals surface area contributed by atoms with Gasteiger partial charge in [-0.15, -0.1) is 0 Å². The number of rotatable bonds is 10. The Labute approximate surface area is 199 Å². The lowest BCUT2D eigenvalue weighted by Gasteiger charge is -2.24. The zero-order chi connectivity index (χ0) is 25.5. The van der Waals surface area contributed by atoms with E-state index in [-0.39, 0.29) is 24.9 Å². The molecule has 9 nitrogen and oxygen atoms in total. The van der Waals surface area contributed by atoms with Crippen LogP contribution in [0.25, 0.3) is 0 Å². The topological polar surface area (TPSA) is 139 Å². The van der Waals surface area contributed by atoms with E-state index in [1.807, 2.05) is 0 Å². The average molecular weight is 491 g/mol. The Morgan fingerprint density at radius 1 is 1.03 bits per heavy atom. The van der Waals surface area contributed by atoms with Gasteiger partial charge in [0.25, 0.3) is 5.91 Å². The molecule has 2 aromatic carbocycles. The molecular weight excluding hydrogens is 460 g/mol. The Morgan fingerprint density at radius 2 is 1.65 bits per heavy atom. The summed E-state index contributed by atoms with van der Waals surface area (Å²) in [6.45, 7) is 6.70. The van der Waals surface area contributed by atoms with E-state index in [4.69, 9.17) is 9.84 Å². The number of benzene rings is 2. The van der Waals surface area contributed by atoms with Gasteiger partial charge >= 0.3 is 11.9 Å². The van der Waals surface area contributed by atoms with Gasteiger partial charge in [0.2, 0.25) is 10.0 Å². The summed E-state index contributed by atoms with van der Waals surface area (Å²) in [7, 11) is -4.17. The van der Waals surface area contributed by atoms with Crippen molar-refractivity contribution in [1.82, 2.24) is 5.32 Å². The molecule has 0 aliphatic carbocycles. The smallest absolute Gasteiger partial charge is 0.327 e. The monoisotopic (exact) mass is 490 g/mol. The first-order valence-electron chi connectivity index (χ1n) is 10.7. The summed E-state index contributed by atoms with van der Waals surface area (Å²) in [5.41, 5.74) is 0.972. The Kier molecular flexibility index (Phi) is 8.80. The molecule has 184 valence electrons. The molecule has 0 bridgehead atoms. The highest BCUT2D eigenvalue weighted by Crippen LogP contribution is 2.21. The van der Waals surface area contributed by atoms with Crippen LogP contribution in [0.1, 0.15) is 48.7 Å². The van der Waals surface area contributed by atoms with E-state index in [2.05, 4.69) is 10.0 Å². The number of sulfonamides is 1. The predicted octanol–water partition coefficient (Wildman–Crippen LogP) is 2.89. The van der Waals surface area contributed by atoms with Crippen LogP contribution < -0.4 is 10.0 Å². The average Bonchev–Trinajstić information content (AvgIpc) is 2.72. The van der Waals surface area contributed by atoms with Gasteiger partial charge in [-0.05, 0) is 57.0 Å². The van der Waals surface area contributed by atoms with Crippen molar-refractivity contribution in [3.05, 3.63) is 65.2 Å². The third-order valence-electron chi connectivity index (χ3n) is 4.70. The lowest BCUT2D eigenvalue weighted by molar-refractivity contribution is -0.154. The fourth-order valence-corrected chi connectivity index (χ4v) is 4.38. The maximum Gasteiger partial charge on any atom is 0.327 e. The van der Waals surface area contributed by atoms with Crippen LogP contribution in [0, 0.1) is 6.92 Å². The molecule has 0 unspecified atom stereocenters. The van der Waals surface area contributed by atoms with Crippen LogP contribution in [-0.4, -0.2) is 48.8 Å². The highest BCUT2D eigenvalue weighted by atomic mass is 32.2. The Bertz CT molecular complexity index is 1140. The second-order valence-corrected chi connectivity index (χ2v) is 10.6. The normalized spacial score (nSPS) is 12.5. The lowest BCUT2D eigenvalue weighted by atomic mass is 10.1. The number of hydrogen-bond acceptors (Lipinski definition) is 6. The number of para-hydroxylation sites is 1. The van der Waals surface area contributed by atoms with Crippen LogP contribution >= 0.6 is 0 Å². The molecular formula is C24H30N2O7S. The number of carbonyl (C=O) groups excluding carboxylic acids is 2. The number of ether oxygens (including phenoxy) is 1. The van der Waals surface area contributed by atoms with E-state index in [9.17, 15) is 22.8 Å². The number of nitrogens with one attached hydrogen (secondary N) is 2. The minimum atomic E-state index is -4.17. The summed E-state index contributed by atoms with van der Waals surface area (Å²) >= 11 is 0. The molecule has 0 radical (unpaired) electrons. The molecule has 10 heteroatoms. The van der Waals surface area contributed by atoms with Gasteiger partial charge in [-0.3, -0.25) is 19.1 Å². The van der Waals surface area contributed by atoms with Gasteiger partial charge in [-0.1, -0.05) is 30.3 Å². The van der Waals surface area contributed by atoms with Crippen molar-refractivity contribution in [3.8, 4) is 0 Å². The summed E-state index contributed by atoms with van der Waals surface area (Å²) in [5.74, 6) is -2.36. The first kappa shape index (κ1) is 26.8. The lowest BCUT2D eigenvalue weighted by Crippen LogP contribution is -2.41. The highest BCUT2D eigenvalue weighted by molar-refractivity contribution is 7.94. The molecule has 1 atom stereocenters. The number of amides is 1. The number of carboxylic acid groups (broad SMARTS) is 1. The van der Waals surface area contributed by atoms with E-state index in [1.165, 1.54) is 12.1 Å². The minimum Gasteiger partial charge on any atom is -0.481 e. The first-order valence-corrected chi connectivity index (χ1v) is 12.2. The quantitative estimate of drug-likeness (QED) is 0.435. The zero-order valence-corrected chi connectivity index (χ0v) is 20.4. The molecule has 0 fully saturated rings. The van der Waals surface area contributed by atoms with Crippen LogP contribution in [0.2, 0.25) is 0 Å². The molecule has 34 heavy (non-hydrogen) atoms. The van der Waals surface area contributed by atoms with E-state index in [0.29, 0.717) is 16.8 Å². The van der Waals surface area contributed by atoms with Crippen LogP contribution in [-0.2, 0) is 30.8 Å². The van der Waals surface area contributed by atoms with Gasteiger partial charge in [-0.2, -0.15) is 0 Å².